The number of rotatable bonds is 2. The van der Waals surface area contributed by atoms with Crippen LogP contribution in [0.15, 0.2) is 29.8 Å². The Hall–Kier alpha value is -1.04. The Kier molecular flexibility index (Phi) is 2.68. The summed E-state index contributed by atoms with van der Waals surface area (Å²) in [6.07, 6.45) is 6.08. The molecule has 0 saturated carbocycles. The average molecular weight is 200 g/mol. The molecule has 1 aromatic carbocycles. The Labute approximate surface area is 93.0 Å². The van der Waals surface area contributed by atoms with Crippen LogP contribution in [-0.2, 0) is 6.42 Å². The highest BCUT2D eigenvalue weighted by molar-refractivity contribution is 5.63. The molecule has 0 spiro atoms. The predicted octanol–water partition coefficient (Wildman–Crippen LogP) is 4.45. The van der Waals surface area contributed by atoms with E-state index in [4.69, 9.17) is 0 Å². The van der Waals surface area contributed by atoms with E-state index in [1.54, 1.807) is 5.57 Å². The highest BCUT2D eigenvalue weighted by Gasteiger charge is 2.15. The third-order valence-electron chi connectivity index (χ3n) is 3.03. The Morgan fingerprint density at radius 2 is 1.87 bits per heavy atom. The van der Waals surface area contributed by atoms with Crippen molar-refractivity contribution in [2.75, 3.05) is 0 Å². The first kappa shape index (κ1) is 10.5. The fraction of sp³-hybridized carbons (Fsp3) is 0.467. The molecule has 1 aromatic rings. The summed E-state index contributed by atoms with van der Waals surface area (Å²) in [4.78, 5) is 0. The van der Waals surface area contributed by atoms with Crippen LogP contribution >= 0.6 is 0 Å². The maximum absolute atomic E-state index is 2.38. The Morgan fingerprint density at radius 1 is 1.13 bits per heavy atom. The van der Waals surface area contributed by atoms with Crippen LogP contribution in [0.5, 0.6) is 0 Å². The van der Waals surface area contributed by atoms with Crippen LogP contribution in [-0.4, -0.2) is 0 Å². The summed E-state index contributed by atoms with van der Waals surface area (Å²) in [6, 6.07) is 8.73. The second-order valence-electron chi connectivity index (χ2n) is 5.74. The van der Waals surface area contributed by atoms with Gasteiger partial charge in [-0.3, -0.25) is 0 Å². The lowest BCUT2D eigenvalue weighted by Crippen LogP contribution is -2.04. The summed E-state index contributed by atoms with van der Waals surface area (Å²) in [5.74, 6) is 0. The zero-order valence-corrected chi connectivity index (χ0v) is 10.0. The number of hydrogen-bond donors (Lipinski definition) is 0. The number of fused-ring (bicyclic) bond motifs is 1. The lowest BCUT2D eigenvalue weighted by Gasteiger charge is -2.17. The Morgan fingerprint density at radius 3 is 2.53 bits per heavy atom. The molecule has 1 aliphatic rings. The summed E-state index contributed by atoms with van der Waals surface area (Å²) in [5, 5.41) is 0. The molecule has 0 atom stereocenters. The minimum atomic E-state index is 0.454. The van der Waals surface area contributed by atoms with Gasteiger partial charge in [0.25, 0.3) is 0 Å². The molecular formula is C15H20. The quantitative estimate of drug-likeness (QED) is 0.661. The Balaban J connectivity index is 2.00. The molecule has 0 amide bonds. The number of benzene rings is 1. The zero-order chi connectivity index (χ0) is 10.9. The third kappa shape index (κ3) is 2.71. The van der Waals surface area contributed by atoms with Crippen LogP contribution in [0.25, 0.3) is 6.08 Å². The van der Waals surface area contributed by atoms with Crippen molar-refractivity contribution in [1.29, 1.82) is 0 Å². The van der Waals surface area contributed by atoms with Gasteiger partial charge in [0.2, 0.25) is 0 Å². The predicted molar refractivity (Wildman–Crippen MR) is 66.8 cm³/mol. The molecule has 0 radical (unpaired) electrons. The fourth-order valence-corrected chi connectivity index (χ4v) is 2.05. The first-order valence-electron chi connectivity index (χ1n) is 5.82. The highest BCUT2D eigenvalue weighted by atomic mass is 14.2. The van der Waals surface area contributed by atoms with E-state index in [0.717, 1.165) is 0 Å². The van der Waals surface area contributed by atoms with Crippen LogP contribution in [0.3, 0.4) is 0 Å². The summed E-state index contributed by atoms with van der Waals surface area (Å²) in [7, 11) is 0. The van der Waals surface area contributed by atoms with E-state index in [0.29, 0.717) is 5.41 Å². The largest absolute Gasteiger partial charge is 0.0652 e. The first-order chi connectivity index (χ1) is 7.04. The zero-order valence-electron chi connectivity index (χ0n) is 10.0. The molecule has 0 unspecified atom stereocenters. The molecule has 0 N–H and O–H groups in total. The van der Waals surface area contributed by atoms with Crippen LogP contribution in [0, 0.1) is 5.41 Å². The van der Waals surface area contributed by atoms with E-state index in [-0.39, 0.29) is 0 Å². The number of allylic oxidation sites excluding steroid dienone is 1. The molecule has 0 saturated heterocycles. The topological polar surface area (TPSA) is 0 Å². The average Bonchev–Trinajstić information content (AvgIpc) is 2.56. The second kappa shape index (κ2) is 3.84. The van der Waals surface area contributed by atoms with E-state index in [1.807, 2.05) is 0 Å². The molecule has 0 heteroatoms. The van der Waals surface area contributed by atoms with Gasteiger partial charge in [-0.2, -0.15) is 0 Å². The minimum absolute atomic E-state index is 0.454. The van der Waals surface area contributed by atoms with Crippen molar-refractivity contribution in [2.24, 2.45) is 5.41 Å². The van der Waals surface area contributed by atoms with Gasteiger partial charge >= 0.3 is 0 Å². The van der Waals surface area contributed by atoms with Gasteiger partial charge in [0, 0.05) is 0 Å². The Bertz CT molecular complexity index is 377. The van der Waals surface area contributed by atoms with Crippen molar-refractivity contribution in [3.63, 3.8) is 0 Å². The maximum atomic E-state index is 2.38. The van der Waals surface area contributed by atoms with Crippen LogP contribution in [0.4, 0.5) is 0 Å². The standard InChI is InChI=1S/C15H20/c1-15(2,3)9-8-12-10-13-6-4-5-7-14(13)11-12/h4-7,10H,8-9,11H2,1-3H3. The molecule has 0 fully saturated rings. The molecular weight excluding hydrogens is 180 g/mol. The van der Waals surface area contributed by atoms with Crippen molar-refractivity contribution >= 4 is 6.08 Å². The minimum Gasteiger partial charge on any atom is -0.0652 e. The van der Waals surface area contributed by atoms with Gasteiger partial charge in [-0.1, -0.05) is 56.7 Å². The van der Waals surface area contributed by atoms with Crippen molar-refractivity contribution in [2.45, 2.75) is 40.0 Å². The van der Waals surface area contributed by atoms with Gasteiger partial charge < -0.3 is 0 Å². The molecule has 0 aromatic heterocycles. The first-order valence-corrected chi connectivity index (χ1v) is 5.82. The summed E-state index contributed by atoms with van der Waals surface area (Å²) in [6.45, 7) is 6.95. The molecule has 0 aliphatic heterocycles. The molecule has 0 nitrogen and oxygen atoms in total. The van der Waals surface area contributed by atoms with Gasteiger partial charge in [-0.05, 0) is 35.8 Å². The van der Waals surface area contributed by atoms with Crippen molar-refractivity contribution in [3.05, 3.63) is 41.0 Å². The summed E-state index contributed by atoms with van der Waals surface area (Å²) < 4.78 is 0. The van der Waals surface area contributed by atoms with E-state index in [1.165, 1.54) is 30.4 Å². The monoisotopic (exact) mass is 200 g/mol. The van der Waals surface area contributed by atoms with Crippen molar-refractivity contribution < 1.29 is 0 Å². The van der Waals surface area contributed by atoms with Crippen molar-refractivity contribution in [1.82, 2.24) is 0 Å². The van der Waals surface area contributed by atoms with Crippen LogP contribution in [0.1, 0.15) is 44.7 Å². The van der Waals surface area contributed by atoms with Crippen LogP contribution in [0.2, 0.25) is 0 Å². The van der Waals surface area contributed by atoms with Gasteiger partial charge in [0.15, 0.2) is 0 Å². The van der Waals surface area contributed by atoms with E-state index in [2.05, 4.69) is 51.1 Å². The van der Waals surface area contributed by atoms with E-state index < -0.39 is 0 Å². The van der Waals surface area contributed by atoms with Gasteiger partial charge in [-0.25, -0.2) is 0 Å². The highest BCUT2D eigenvalue weighted by Crippen LogP contribution is 2.31. The van der Waals surface area contributed by atoms with Gasteiger partial charge in [0.05, 0.1) is 0 Å². The van der Waals surface area contributed by atoms with Gasteiger partial charge in [0.1, 0.15) is 0 Å². The SMILES string of the molecule is CC(C)(C)CCC1=Cc2ccccc2C1. The summed E-state index contributed by atoms with van der Waals surface area (Å²) in [5.41, 5.74) is 4.99. The number of hydrogen-bond acceptors (Lipinski definition) is 0. The third-order valence-corrected chi connectivity index (χ3v) is 3.03. The second-order valence-corrected chi connectivity index (χ2v) is 5.74. The summed E-state index contributed by atoms with van der Waals surface area (Å²) >= 11 is 0. The smallest absolute Gasteiger partial charge is 0.00578 e. The molecule has 15 heavy (non-hydrogen) atoms. The molecule has 1 aliphatic carbocycles. The normalized spacial score (nSPS) is 15.0. The molecule has 2 rings (SSSR count). The van der Waals surface area contributed by atoms with E-state index in [9.17, 15) is 0 Å². The lowest BCUT2D eigenvalue weighted by molar-refractivity contribution is 0.377. The van der Waals surface area contributed by atoms with Crippen LogP contribution < -0.4 is 0 Å². The maximum Gasteiger partial charge on any atom is -0.00578 e. The van der Waals surface area contributed by atoms with Gasteiger partial charge in [-0.15, -0.1) is 0 Å². The van der Waals surface area contributed by atoms with Crippen molar-refractivity contribution in [3.8, 4) is 0 Å². The van der Waals surface area contributed by atoms with E-state index >= 15 is 0 Å². The fourth-order valence-electron chi connectivity index (χ4n) is 2.05. The lowest BCUT2D eigenvalue weighted by atomic mass is 9.88. The molecule has 0 bridgehead atoms. The molecule has 80 valence electrons. The molecule has 0 heterocycles.